The Morgan fingerprint density at radius 1 is 1.00 bits per heavy atom. The van der Waals surface area contributed by atoms with Crippen molar-refractivity contribution < 1.29 is 18.7 Å². The zero-order valence-electron chi connectivity index (χ0n) is 18.1. The number of hydrogen-bond donors (Lipinski definition) is 0. The van der Waals surface area contributed by atoms with E-state index in [1.54, 1.807) is 16.9 Å². The molecule has 0 spiro atoms. The molecule has 1 heterocycles. The summed E-state index contributed by atoms with van der Waals surface area (Å²) in [4.78, 5) is 29.3. The molecule has 0 aliphatic carbocycles. The van der Waals surface area contributed by atoms with Crippen LogP contribution in [0.1, 0.15) is 37.9 Å². The first kappa shape index (κ1) is 22.7. The first-order valence-electron chi connectivity index (χ1n) is 9.86. The Balaban J connectivity index is 2.19. The molecule has 0 radical (unpaired) electrons. The van der Waals surface area contributed by atoms with Crippen molar-refractivity contribution in [3.8, 4) is 0 Å². The average molecular weight is 401 g/mol. The van der Waals surface area contributed by atoms with Gasteiger partial charge in [-0.15, -0.1) is 0 Å². The molecule has 29 heavy (non-hydrogen) atoms. The predicted octanol–water partition coefficient (Wildman–Crippen LogP) is 3.64. The number of amides is 2. The van der Waals surface area contributed by atoms with E-state index in [2.05, 4.69) is 0 Å². The quantitative estimate of drug-likeness (QED) is 0.645. The molecule has 2 rings (SSSR count). The topological polar surface area (TPSA) is 63.0 Å². The number of furan rings is 1. The highest BCUT2D eigenvalue weighted by Gasteiger charge is 2.29. The first-order chi connectivity index (χ1) is 13.7. The summed E-state index contributed by atoms with van der Waals surface area (Å²) < 4.78 is 10.8. The minimum absolute atomic E-state index is 0.00594. The van der Waals surface area contributed by atoms with Crippen LogP contribution in [0.15, 0.2) is 46.9 Å². The third kappa shape index (κ3) is 7.06. The van der Waals surface area contributed by atoms with Crippen molar-refractivity contribution in [2.45, 2.75) is 40.8 Å². The van der Waals surface area contributed by atoms with E-state index in [0.717, 1.165) is 17.1 Å². The van der Waals surface area contributed by atoms with E-state index in [1.807, 2.05) is 70.2 Å². The normalized spacial score (nSPS) is 11.3. The van der Waals surface area contributed by atoms with Gasteiger partial charge in [-0.1, -0.05) is 51.1 Å². The van der Waals surface area contributed by atoms with Crippen molar-refractivity contribution >= 4 is 11.8 Å². The number of hydrogen-bond acceptors (Lipinski definition) is 4. The molecule has 2 aromatic rings. The van der Waals surface area contributed by atoms with Gasteiger partial charge in [0.15, 0.2) is 0 Å². The lowest BCUT2D eigenvalue weighted by molar-refractivity contribution is -0.146. The van der Waals surface area contributed by atoms with Gasteiger partial charge in [-0.25, -0.2) is 0 Å². The number of carbonyl (C=O) groups is 2. The maximum absolute atomic E-state index is 13.2. The minimum atomic E-state index is -0.573. The molecular weight excluding hydrogens is 368 g/mol. The number of carbonyl (C=O) groups excluding carboxylic acids is 2. The van der Waals surface area contributed by atoms with E-state index in [0.29, 0.717) is 26.2 Å². The van der Waals surface area contributed by atoms with E-state index in [-0.39, 0.29) is 18.4 Å². The Kier molecular flexibility index (Phi) is 8.02. The lowest BCUT2D eigenvalue weighted by atomic mass is 9.94. The Morgan fingerprint density at radius 2 is 1.69 bits per heavy atom. The summed E-state index contributed by atoms with van der Waals surface area (Å²) in [5, 5.41) is 0. The Labute approximate surface area is 173 Å². The van der Waals surface area contributed by atoms with Crippen molar-refractivity contribution in [1.82, 2.24) is 9.80 Å². The lowest BCUT2D eigenvalue weighted by Crippen LogP contribution is -2.47. The molecule has 1 aromatic heterocycles. The number of nitrogens with zero attached hydrogens (tertiary/aromatic N) is 2. The Morgan fingerprint density at radius 3 is 2.24 bits per heavy atom. The summed E-state index contributed by atoms with van der Waals surface area (Å²) in [6.45, 7) is 8.99. The standard InChI is InChI=1S/C23H32N2O4/c1-18-11-12-20(29-18)16-25(15-19-9-7-6-8-10-19)21(26)17-24(13-14-28-5)22(27)23(2,3)4/h6-12H,13-17H2,1-5H3. The van der Waals surface area contributed by atoms with E-state index in [9.17, 15) is 9.59 Å². The van der Waals surface area contributed by atoms with E-state index >= 15 is 0 Å². The second-order valence-corrected chi connectivity index (χ2v) is 8.22. The number of ether oxygens (including phenoxy) is 1. The SMILES string of the molecule is COCCN(CC(=O)N(Cc1ccccc1)Cc1ccc(C)o1)C(=O)C(C)(C)C. The predicted molar refractivity (Wildman–Crippen MR) is 112 cm³/mol. The van der Waals surface area contributed by atoms with Crippen molar-refractivity contribution in [2.24, 2.45) is 5.41 Å². The van der Waals surface area contributed by atoms with Gasteiger partial charge in [-0.2, -0.15) is 0 Å². The van der Waals surface area contributed by atoms with Crippen LogP contribution >= 0.6 is 0 Å². The molecule has 2 amide bonds. The maximum atomic E-state index is 13.2. The number of aryl methyl sites for hydroxylation is 1. The fraction of sp³-hybridized carbons (Fsp3) is 0.478. The number of methoxy groups -OCH3 is 1. The monoisotopic (exact) mass is 400 g/mol. The molecule has 158 valence electrons. The van der Waals surface area contributed by atoms with Gasteiger partial charge < -0.3 is 19.0 Å². The summed E-state index contributed by atoms with van der Waals surface area (Å²) in [6, 6.07) is 13.6. The van der Waals surface area contributed by atoms with Gasteiger partial charge in [-0.3, -0.25) is 9.59 Å². The largest absolute Gasteiger partial charge is 0.464 e. The van der Waals surface area contributed by atoms with Crippen LogP contribution in [-0.2, 0) is 27.4 Å². The molecule has 0 aliphatic rings. The Hall–Kier alpha value is -2.60. The van der Waals surface area contributed by atoms with Crippen LogP contribution < -0.4 is 0 Å². The van der Waals surface area contributed by atoms with Crippen molar-refractivity contribution in [2.75, 3.05) is 26.8 Å². The highest BCUT2D eigenvalue weighted by atomic mass is 16.5. The van der Waals surface area contributed by atoms with Crippen LogP contribution in [0.25, 0.3) is 0 Å². The zero-order chi connectivity index (χ0) is 21.4. The smallest absolute Gasteiger partial charge is 0.242 e. The van der Waals surface area contributed by atoms with Gasteiger partial charge in [0.05, 0.1) is 19.7 Å². The summed E-state index contributed by atoms with van der Waals surface area (Å²) in [5.74, 6) is 1.32. The van der Waals surface area contributed by atoms with Gasteiger partial charge in [0.1, 0.15) is 11.5 Å². The molecule has 0 unspecified atom stereocenters. The molecule has 0 bridgehead atoms. The van der Waals surface area contributed by atoms with Gasteiger partial charge >= 0.3 is 0 Å². The average Bonchev–Trinajstić information content (AvgIpc) is 3.08. The molecule has 0 saturated heterocycles. The minimum Gasteiger partial charge on any atom is -0.464 e. The second-order valence-electron chi connectivity index (χ2n) is 8.22. The zero-order valence-corrected chi connectivity index (χ0v) is 18.1. The number of rotatable bonds is 9. The van der Waals surface area contributed by atoms with Crippen LogP contribution in [0.4, 0.5) is 0 Å². The lowest BCUT2D eigenvalue weighted by Gasteiger charge is -2.31. The van der Waals surface area contributed by atoms with Gasteiger partial charge in [0, 0.05) is 25.6 Å². The van der Waals surface area contributed by atoms with Crippen LogP contribution in [0, 0.1) is 12.3 Å². The summed E-state index contributed by atoms with van der Waals surface area (Å²) in [7, 11) is 1.59. The summed E-state index contributed by atoms with van der Waals surface area (Å²) in [5.41, 5.74) is 0.450. The van der Waals surface area contributed by atoms with E-state index in [1.165, 1.54) is 0 Å². The Bertz CT molecular complexity index is 793. The molecule has 6 nitrogen and oxygen atoms in total. The number of benzene rings is 1. The van der Waals surface area contributed by atoms with Crippen LogP contribution in [0.5, 0.6) is 0 Å². The third-order valence-electron chi connectivity index (χ3n) is 4.53. The van der Waals surface area contributed by atoms with Gasteiger partial charge in [0.25, 0.3) is 0 Å². The fourth-order valence-corrected chi connectivity index (χ4v) is 2.99. The van der Waals surface area contributed by atoms with E-state index < -0.39 is 5.41 Å². The van der Waals surface area contributed by atoms with Crippen LogP contribution in [-0.4, -0.2) is 48.4 Å². The molecule has 0 saturated carbocycles. The molecule has 1 aromatic carbocycles. The highest BCUT2D eigenvalue weighted by molar-refractivity contribution is 5.87. The van der Waals surface area contributed by atoms with E-state index in [4.69, 9.17) is 9.15 Å². The highest BCUT2D eigenvalue weighted by Crippen LogP contribution is 2.19. The fourth-order valence-electron chi connectivity index (χ4n) is 2.99. The first-order valence-corrected chi connectivity index (χ1v) is 9.86. The summed E-state index contributed by atoms with van der Waals surface area (Å²) in [6.07, 6.45) is 0. The molecular formula is C23H32N2O4. The van der Waals surface area contributed by atoms with Gasteiger partial charge in [0.2, 0.25) is 11.8 Å². The van der Waals surface area contributed by atoms with Crippen molar-refractivity contribution in [3.05, 3.63) is 59.5 Å². The van der Waals surface area contributed by atoms with Gasteiger partial charge in [-0.05, 0) is 24.6 Å². The van der Waals surface area contributed by atoms with Crippen molar-refractivity contribution in [1.29, 1.82) is 0 Å². The molecule has 0 N–H and O–H groups in total. The maximum Gasteiger partial charge on any atom is 0.242 e. The van der Waals surface area contributed by atoms with Crippen LogP contribution in [0.2, 0.25) is 0 Å². The van der Waals surface area contributed by atoms with Crippen LogP contribution in [0.3, 0.4) is 0 Å². The van der Waals surface area contributed by atoms with Crippen molar-refractivity contribution in [3.63, 3.8) is 0 Å². The molecule has 6 heteroatoms. The molecule has 0 atom stereocenters. The molecule has 0 fully saturated rings. The summed E-state index contributed by atoms with van der Waals surface area (Å²) >= 11 is 0. The second kappa shape index (κ2) is 10.3. The molecule has 0 aliphatic heterocycles. The third-order valence-corrected chi connectivity index (χ3v) is 4.53.